The maximum absolute atomic E-state index is 12.2. The van der Waals surface area contributed by atoms with Gasteiger partial charge in [0.15, 0.2) is 0 Å². The van der Waals surface area contributed by atoms with Gasteiger partial charge in [-0.1, -0.05) is 5.16 Å². The molecule has 0 heterocycles. The molecule has 12 heteroatoms. The molecule has 0 radical (unpaired) electrons. The molecule has 8 N–H and O–H groups in total. The number of hydrogen-bond donors (Lipinski definition) is 7. The second kappa shape index (κ2) is 19.6. The van der Waals surface area contributed by atoms with Gasteiger partial charge in [0.2, 0.25) is 11.8 Å². The molecule has 0 aromatic carbocycles. The molecule has 0 bridgehead atoms. The fourth-order valence-electron chi connectivity index (χ4n) is 3.63. The van der Waals surface area contributed by atoms with Gasteiger partial charge >= 0.3 is 0 Å². The highest BCUT2D eigenvalue weighted by Crippen LogP contribution is 2.15. The number of nitrogens with zero attached hydrogens (tertiary/aromatic N) is 1. The zero-order valence-electron chi connectivity index (χ0n) is 24.8. The minimum atomic E-state index is -0.582. The third-order valence-corrected chi connectivity index (χ3v) is 7.05. The van der Waals surface area contributed by atoms with Crippen LogP contribution in [0.1, 0.15) is 80.1 Å². The number of carbonyl (C=O) groups excluding carboxylic acids is 3. The predicted molar refractivity (Wildman–Crippen MR) is 155 cm³/mol. The van der Waals surface area contributed by atoms with Gasteiger partial charge in [-0.2, -0.15) is 0 Å². The lowest BCUT2D eigenvalue weighted by Gasteiger charge is -2.28. The van der Waals surface area contributed by atoms with Crippen LogP contribution >= 0.6 is 0 Å². The molecule has 0 saturated carbocycles. The minimum Gasteiger partial charge on any atom is -0.411 e. The fraction of sp³-hybridized carbons (Fsp3) is 0.815. The second-order valence-electron chi connectivity index (χ2n) is 11.1. The molecule has 0 aromatic rings. The van der Waals surface area contributed by atoms with Gasteiger partial charge in [-0.15, -0.1) is 0 Å². The van der Waals surface area contributed by atoms with Crippen LogP contribution in [0.25, 0.3) is 0 Å². The molecule has 0 aromatic heterocycles. The van der Waals surface area contributed by atoms with E-state index in [2.05, 4.69) is 26.4 Å². The molecule has 12 nitrogen and oxygen atoms in total. The summed E-state index contributed by atoms with van der Waals surface area (Å²) in [5.74, 6) is -0.468. The lowest BCUT2D eigenvalue weighted by atomic mass is 9.94. The van der Waals surface area contributed by atoms with E-state index in [-0.39, 0.29) is 24.7 Å². The third-order valence-electron chi connectivity index (χ3n) is 7.05. The minimum absolute atomic E-state index is 0.249. The van der Waals surface area contributed by atoms with Crippen molar-refractivity contribution in [2.75, 3.05) is 39.4 Å². The number of oxime groups is 1. The fourth-order valence-corrected chi connectivity index (χ4v) is 3.63. The third kappa shape index (κ3) is 17.0. The van der Waals surface area contributed by atoms with Crippen LogP contribution in [-0.4, -0.2) is 91.2 Å². The smallest absolute Gasteiger partial charge is 0.246 e. The largest absolute Gasteiger partial charge is 0.411 e. The average Bonchev–Trinajstić information content (AvgIpc) is 2.87. The Hall–Kier alpha value is -2.41. The van der Waals surface area contributed by atoms with Crippen molar-refractivity contribution in [1.82, 2.24) is 21.3 Å². The Morgan fingerprint density at radius 1 is 0.949 bits per heavy atom. The SMILES string of the molecule is CC(=N)C(C)(C)NCCC(CCNC(=O)COCC(=O)N[C@H](C=O)CCCCN)CCNC(C)(C)/C(C)=N\O. The van der Waals surface area contributed by atoms with Crippen LogP contribution in [0.2, 0.25) is 0 Å². The van der Waals surface area contributed by atoms with Gasteiger partial charge in [0, 0.05) is 12.3 Å². The summed E-state index contributed by atoms with van der Waals surface area (Å²) < 4.78 is 5.21. The molecule has 0 aliphatic rings. The van der Waals surface area contributed by atoms with Gasteiger partial charge in [-0.3, -0.25) is 9.59 Å². The van der Waals surface area contributed by atoms with Crippen molar-refractivity contribution in [3.05, 3.63) is 0 Å². The van der Waals surface area contributed by atoms with Gasteiger partial charge in [0.25, 0.3) is 0 Å². The summed E-state index contributed by atoms with van der Waals surface area (Å²) in [7, 11) is 0. The van der Waals surface area contributed by atoms with E-state index in [1.807, 2.05) is 27.7 Å². The van der Waals surface area contributed by atoms with Crippen molar-refractivity contribution >= 4 is 29.5 Å². The van der Waals surface area contributed by atoms with E-state index >= 15 is 0 Å². The summed E-state index contributed by atoms with van der Waals surface area (Å²) in [6, 6.07) is -0.582. The number of amides is 2. The van der Waals surface area contributed by atoms with Crippen molar-refractivity contribution in [1.29, 1.82) is 5.41 Å². The van der Waals surface area contributed by atoms with E-state index in [0.29, 0.717) is 49.7 Å². The number of rotatable bonds is 23. The average molecular weight is 556 g/mol. The number of nitrogens with two attached hydrogens (primary N) is 1. The molecule has 0 rings (SSSR count). The van der Waals surface area contributed by atoms with Crippen molar-refractivity contribution < 1.29 is 24.3 Å². The molecule has 0 aliphatic heterocycles. The van der Waals surface area contributed by atoms with Crippen molar-refractivity contribution in [3.63, 3.8) is 0 Å². The molecule has 2 amide bonds. The molecule has 39 heavy (non-hydrogen) atoms. The summed E-state index contributed by atoms with van der Waals surface area (Å²) in [6.07, 6.45) is 5.19. The van der Waals surface area contributed by atoms with Crippen molar-refractivity contribution in [2.24, 2.45) is 16.8 Å². The van der Waals surface area contributed by atoms with Gasteiger partial charge < -0.3 is 47.1 Å². The Labute approximate surface area is 234 Å². The number of nitrogens with one attached hydrogen (secondary N) is 5. The van der Waals surface area contributed by atoms with E-state index in [4.69, 9.17) is 21.1 Å². The summed E-state index contributed by atoms with van der Waals surface area (Å²) >= 11 is 0. The number of ether oxygens (including phenoxy) is 1. The molecule has 0 aliphatic carbocycles. The zero-order valence-corrected chi connectivity index (χ0v) is 24.8. The molecular formula is C27H53N7O5. The molecule has 0 saturated heterocycles. The van der Waals surface area contributed by atoms with Crippen LogP contribution in [0.5, 0.6) is 0 Å². The predicted octanol–water partition coefficient (Wildman–Crippen LogP) is 1.34. The topological polar surface area (TPSA) is 191 Å². The van der Waals surface area contributed by atoms with Crippen molar-refractivity contribution in [2.45, 2.75) is 97.2 Å². The van der Waals surface area contributed by atoms with Crippen LogP contribution in [0, 0.1) is 11.3 Å². The van der Waals surface area contributed by atoms with E-state index in [0.717, 1.165) is 38.6 Å². The molecule has 226 valence electrons. The Bertz CT molecular complexity index is 786. The monoisotopic (exact) mass is 555 g/mol. The summed E-state index contributed by atoms with van der Waals surface area (Å²) in [4.78, 5) is 35.3. The quantitative estimate of drug-likeness (QED) is 0.0323. The van der Waals surface area contributed by atoms with Gasteiger partial charge in [0.1, 0.15) is 19.5 Å². The molecule has 0 spiro atoms. The molecular weight excluding hydrogens is 502 g/mol. The van der Waals surface area contributed by atoms with Crippen LogP contribution in [0.4, 0.5) is 0 Å². The standard InChI is InChI=1S/C27H53N7O5/c1-20(29)26(3,4)31-15-11-22(12-16-32-27(5,6)21(2)34-38)10-14-30-24(36)18-39-19-25(37)33-23(17-35)9-7-8-13-28/h17,22-23,29,31-32,38H,7-16,18-19,28H2,1-6H3,(H,30,36)(H,33,37)/b29-20?,34-21-/t22?,23-/m0/s1. The lowest BCUT2D eigenvalue weighted by Crippen LogP contribution is -2.47. The van der Waals surface area contributed by atoms with E-state index in [1.54, 1.807) is 13.8 Å². The Morgan fingerprint density at radius 2 is 1.51 bits per heavy atom. The summed E-state index contributed by atoms with van der Waals surface area (Å²) in [6.45, 7) is 13.3. The maximum Gasteiger partial charge on any atom is 0.246 e. The first-order valence-corrected chi connectivity index (χ1v) is 13.8. The first-order chi connectivity index (χ1) is 18.3. The van der Waals surface area contributed by atoms with Crippen LogP contribution in [0.15, 0.2) is 5.16 Å². The summed E-state index contributed by atoms with van der Waals surface area (Å²) in [5, 5.41) is 32.6. The molecule has 1 unspecified atom stereocenters. The van der Waals surface area contributed by atoms with Crippen LogP contribution in [-0.2, 0) is 19.1 Å². The number of unbranched alkanes of at least 4 members (excludes halogenated alkanes) is 1. The molecule has 2 atom stereocenters. The Morgan fingerprint density at radius 3 is 2.05 bits per heavy atom. The van der Waals surface area contributed by atoms with E-state index in [1.165, 1.54) is 0 Å². The first kappa shape index (κ1) is 36.6. The zero-order chi connectivity index (χ0) is 29.9. The van der Waals surface area contributed by atoms with Crippen LogP contribution < -0.4 is 27.0 Å². The maximum atomic E-state index is 12.2. The number of carbonyl (C=O) groups is 3. The summed E-state index contributed by atoms with van der Waals surface area (Å²) in [5.41, 5.74) is 5.78. The van der Waals surface area contributed by atoms with E-state index < -0.39 is 17.5 Å². The number of aldehydes is 1. The first-order valence-electron chi connectivity index (χ1n) is 13.8. The van der Waals surface area contributed by atoms with Gasteiger partial charge in [0.05, 0.1) is 22.8 Å². The van der Waals surface area contributed by atoms with E-state index in [9.17, 15) is 14.4 Å². The van der Waals surface area contributed by atoms with Crippen LogP contribution in [0.3, 0.4) is 0 Å². The highest BCUT2D eigenvalue weighted by atomic mass is 16.5. The van der Waals surface area contributed by atoms with Gasteiger partial charge in [-0.05, 0) is 106 Å². The Kier molecular flexibility index (Phi) is 18.4. The van der Waals surface area contributed by atoms with Crippen molar-refractivity contribution in [3.8, 4) is 0 Å². The second-order valence-corrected chi connectivity index (χ2v) is 11.1. The highest BCUT2D eigenvalue weighted by molar-refractivity contribution is 5.90. The van der Waals surface area contributed by atoms with Gasteiger partial charge in [-0.25, -0.2) is 0 Å². The number of hydrogen-bond acceptors (Lipinski definition) is 10. The molecule has 0 fully saturated rings. The highest BCUT2D eigenvalue weighted by Gasteiger charge is 2.23. The lowest BCUT2D eigenvalue weighted by molar-refractivity contribution is -0.132. The Balaban J connectivity index is 4.60. The normalized spacial score (nSPS) is 14.0.